The predicted octanol–water partition coefficient (Wildman–Crippen LogP) is 5.51. The normalized spacial score (nSPS) is 10.9. The number of carbonyl (C=O) groups is 3. The quantitative estimate of drug-likeness (QED) is 0.242. The minimum atomic E-state index is -0.337. The van der Waals surface area contributed by atoms with Crippen LogP contribution in [0.3, 0.4) is 0 Å². The number of thiazole rings is 1. The van der Waals surface area contributed by atoms with Crippen LogP contribution in [0.4, 0.5) is 5.13 Å². The molecule has 0 bridgehead atoms. The molecule has 0 saturated carbocycles. The predicted molar refractivity (Wildman–Crippen MR) is 159 cm³/mol. The Morgan fingerprint density at radius 3 is 1.98 bits per heavy atom. The van der Waals surface area contributed by atoms with Crippen molar-refractivity contribution in [3.63, 3.8) is 0 Å². The van der Waals surface area contributed by atoms with Crippen molar-refractivity contribution < 1.29 is 14.4 Å². The molecule has 0 aliphatic rings. The Morgan fingerprint density at radius 2 is 1.40 bits per heavy atom. The smallest absolute Gasteiger partial charge is 0.254 e. The van der Waals surface area contributed by atoms with Gasteiger partial charge in [-0.2, -0.15) is 0 Å². The van der Waals surface area contributed by atoms with Gasteiger partial charge in [-0.25, -0.2) is 4.98 Å². The minimum Gasteiger partial charge on any atom is -0.356 e. The summed E-state index contributed by atoms with van der Waals surface area (Å²) in [7, 11) is 0. The molecule has 3 aromatic carbocycles. The lowest BCUT2D eigenvalue weighted by Gasteiger charge is -2.26. The number of rotatable bonds is 12. The zero-order chi connectivity index (χ0) is 28.3. The molecular weight excluding hydrogens is 520 g/mol. The lowest BCUT2D eigenvalue weighted by molar-refractivity contribution is -0.120. The molecule has 0 unspecified atom stereocenters. The van der Waals surface area contributed by atoms with Crippen LogP contribution >= 0.6 is 11.3 Å². The summed E-state index contributed by atoms with van der Waals surface area (Å²) in [5.41, 5.74) is 3.54. The van der Waals surface area contributed by atoms with Crippen molar-refractivity contribution in [3.8, 4) is 0 Å². The fraction of sp³-hybridized carbons (Fsp3) is 0.250. The fourth-order valence-corrected chi connectivity index (χ4v) is 5.20. The van der Waals surface area contributed by atoms with E-state index in [4.69, 9.17) is 0 Å². The van der Waals surface area contributed by atoms with Crippen LogP contribution in [0.2, 0.25) is 0 Å². The third-order valence-electron chi connectivity index (χ3n) is 6.52. The highest BCUT2D eigenvalue weighted by atomic mass is 32.1. The first-order chi connectivity index (χ1) is 19.4. The number of benzene rings is 3. The third-order valence-corrected chi connectivity index (χ3v) is 7.32. The zero-order valence-electron chi connectivity index (χ0n) is 22.7. The molecule has 0 radical (unpaired) electrons. The van der Waals surface area contributed by atoms with E-state index in [1.54, 1.807) is 29.6 Å². The summed E-state index contributed by atoms with van der Waals surface area (Å²) in [4.78, 5) is 44.2. The van der Waals surface area contributed by atoms with Crippen LogP contribution in [-0.4, -0.2) is 46.7 Å². The van der Waals surface area contributed by atoms with Crippen LogP contribution < -0.4 is 10.6 Å². The van der Waals surface area contributed by atoms with Gasteiger partial charge in [0.05, 0.1) is 12.1 Å². The highest BCUT2D eigenvalue weighted by Crippen LogP contribution is 2.27. The summed E-state index contributed by atoms with van der Waals surface area (Å²) in [6, 6.07) is 29.3. The van der Waals surface area contributed by atoms with E-state index in [1.807, 2.05) is 56.3 Å². The first kappa shape index (κ1) is 28.7. The van der Waals surface area contributed by atoms with Crippen molar-refractivity contribution >= 4 is 34.2 Å². The molecule has 40 heavy (non-hydrogen) atoms. The van der Waals surface area contributed by atoms with Gasteiger partial charge in [-0.15, -0.1) is 11.3 Å². The lowest BCUT2D eigenvalue weighted by Crippen LogP contribution is -2.42. The summed E-state index contributed by atoms with van der Waals surface area (Å²) in [6.45, 7) is 4.18. The molecule has 0 spiro atoms. The van der Waals surface area contributed by atoms with Gasteiger partial charge < -0.3 is 15.5 Å². The maximum Gasteiger partial charge on any atom is 0.254 e. The van der Waals surface area contributed by atoms with Crippen molar-refractivity contribution in [1.29, 1.82) is 0 Å². The van der Waals surface area contributed by atoms with E-state index in [2.05, 4.69) is 39.9 Å². The highest BCUT2D eigenvalue weighted by Gasteiger charge is 2.22. The Bertz CT molecular complexity index is 1350. The van der Waals surface area contributed by atoms with Crippen LogP contribution in [0.25, 0.3) is 0 Å². The van der Waals surface area contributed by atoms with Crippen LogP contribution in [-0.2, 0) is 16.0 Å². The van der Waals surface area contributed by atoms with E-state index in [0.29, 0.717) is 22.9 Å². The molecule has 2 N–H and O–H groups in total. The number of amides is 3. The molecule has 4 aromatic rings. The second-order valence-corrected chi connectivity index (χ2v) is 10.6. The van der Waals surface area contributed by atoms with Gasteiger partial charge in [0.15, 0.2) is 5.13 Å². The molecule has 0 saturated heterocycles. The first-order valence-electron chi connectivity index (χ1n) is 13.4. The molecule has 7 nitrogen and oxygen atoms in total. The number of anilines is 1. The van der Waals surface area contributed by atoms with Gasteiger partial charge in [0.2, 0.25) is 11.8 Å². The number of hydrogen-bond acceptors (Lipinski definition) is 5. The highest BCUT2D eigenvalue weighted by molar-refractivity contribution is 7.13. The number of aromatic nitrogens is 1. The number of hydrogen-bond donors (Lipinski definition) is 2. The molecule has 3 amide bonds. The summed E-state index contributed by atoms with van der Waals surface area (Å²) < 4.78 is 0. The third kappa shape index (κ3) is 8.10. The molecule has 8 heteroatoms. The fourth-order valence-electron chi connectivity index (χ4n) is 4.47. The molecular formula is C32H34N4O3S. The van der Waals surface area contributed by atoms with E-state index in [9.17, 15) is 14.4 Å². The van der Waals surface area contributed by atoms with Gasteiger partial charge in [-0.05, 0) is 43.5 Å². The molecule has 206 valence electrons. The molecule has 0 aliphatic carbocycles. The van der Waals surface area contributed by atoms with Crippen molar-refractivity contribution in [2.45, 2.75) is 38.6 Å². The number of nitrogens with one attached hydrogen (secondary N) is 2. The van der Waals surface area contributed by atoms with Gasteiger partial charge in [0, 0.05) is 29.4 Å². The van der Waals surface area contributed by atoms with Crippen LogP contribution in [0.1, 0.15) is 53.4 Å². The minimum absolute atomic E-state index is 0.0925. The summed E-state index contributed by atoms with van der Waals surface area (Å²) in [6.07, 6.45) is 0.893. The van der Waals surface area contributed by atoms with E-state index in [0.717, 1.165) is 6.42 Å². The van der Waals surface area contributed by atoms with Crippen LogP contribution in [0.5, 0.6) is 0 Å². The van der Waals surface area contributed by atoms with Gasteiger partial charge in [0.25, 0.3) is 5.91 Å². The molecule has 0 aliphatic heterocycles. The van der Waals surface area contributed by atoms with Crippen molar-refractivity contribution in [2.24, 2.45) is 0 Å². The van der Waals surface area contributed by atoms with Crippen LogP contribution in [0.15, 0.2) is 96.4 Å². The van der Waals surface area contributed by atoms with Crippen molar-refractivity contribution in [2.75, 3.05) is 18.4 Å². The number of nitrogens with zero attached hydrogens (tertiary/aromatic N) is 2. The summed E-state index contributed by atoms with van der Waals surface area (Å²) in [5.74, 6) is -0.481. The maximum atomic E-state index is 12.9. The first-order valence-corrected chi connectivity index (χ1v) is 14.3. The van der Waals surface area contributed by atoms with Gasteiger partial charge in [0.1, 0.15) is 6.54 Å². The van der Waals surface area contributed by atoms with E-state index < -0.39 is 0 Å². The second kappa shape index (κ2) is 14.2. The van der Waals surface area contributed by atoms with Gasteiger partial charge in [-0.3, -0.25) is 14.4 Å². The Labute approximate surface area is 239 Å². The second-order valence-electron chi connectivity index (χ2n) is 9.77. The average molecular weight is 555 g/mol. The summed E-state index contributed by atoms with van der Waals surface area (Å²) >= 11 is 1.26. The molecule has 0 atom stereocenters. The Morgan fingerprint density at radius 1 is 0.825 bits per heavy atom. The van der Waals surface area contributed by atoms with E-state index >= 15 is 0 Å². The molecule has 0 fully saturated rings. The van der Waals surface area contributed by atoms with Crippen LogP contribution in [0, 0.1) is 0 Å². The average Bonchev–Trinajstić information content (AvgIpc) is 3.41. The van der Waals surface area contributed by atoms with Gasteiger partial charge >= 0.3 is 0 Å². The standard InChI is InChI=1S/C32H34N4O3S/c1-23(2)36(31(39)26-16-10-5-11-17-26)21-30(38)35-32-34-27(22-40-32)20-29(37)33-19-18-28(24-12-6-3-7-13-24)25-14-8-4-9-15-25/h3-17,22-23,28H,18-21H2,1-2H3,(H,33,37)(H,34,35,38). The topological polar surface area (TPSA) is 91.4 Å². The lowest BCUT2D eigenvalue weighted by atomic mass is 9.88. The SMILES string of the molecule is CC(C)N(CC(=O)Nc1nc(CC(=O)NCCC(c2ccccc2)c2ccccc2)cs1)C(=O)c1ccccc1. The summed E-state index contributed by atoms with van der Waals surface area (Å²) in [5, 5.41) is 7.94. The van der Waals surface area contributed by atoms with Crippen molar-refractivity contribution in [3.05, 3.63) is 119 Å². The zero-order valence-corrected chi connectivity index (χ0v) is 23.6. The Hall–Kier alpha value is -4.30. The largest absolute Gasteiger partial charge is 0.356 e. The molecule has 1 aromatic heterocycles. The molecule has 1 heterocycles. The Balaban J connectivity index is 1.27. The maximum absolute atomic E-state index is 12.9. The Kier molecular flexibility index (Phi) is 10.2. The van der Waals surface area contributed by atoms with E-state index in [-0.39, 0.29) is 42.6 Å². The monoisotopic (exact) mass is 554 g/mol. The van der Waals surface area contributed by atoms with Crippen molar-refractivity contribution in [1.82, 2.24) is 15.2 Å². The van der Waals surface area contributed by atoms with Gasteiger partial charge in [-0.1, -0.05) is 78.9 Å². The molecule has 4 rings (SSSR count). The van der Waals surface area contributed by atoms with E-state index in [1.165, 1.54) is 27.4 Å². The number of carbonyl (C=O) groups excluding carboxylic acids is 3.